The fourth-order valence-electron chi connectivity index (χ4n) is 1.78. The number of nitrogens with one attached hydrogen (secondary N) is 1. The lowest BCUT2D eigenvalue weighted by Crippen LogP contribution is -2.14. The summed E-state index contributed by atoms with van der Waals surface area (Å²) in [5.74, 6) is -1.98. The molecule has 106 valence electrons. The van der Waals surface area contributed by atoms with Gasteiger partial charge in [-0.1, -0.05) is 12.2 Å². The van der Waals surface area contributed by atoms with Crippen molar-refractivity contribution in [1.82, 2.24) is 9.55 Å². The molecule has 0 unspecified atom stereocenters. The number of halogens is 2. The molecular weight excluding hydrogens is 282 g/mol. The van der Waals surface area contributed by atoms with Crippen LogP contribution < -0.4 is 11.1 Å². The molecule has 0 saturated heterocycles. The molecule has 0 bridgehead atoms. The van der Waals surface area contributed by atoms with Crippen molar-refractivity contribution < 1.29 is 8.78 Å². The predicted octanol–water partition coefficient (Wildman–Crippen LogP) is 2.30. The summed E-state index contributed by atoms with van der Waals surface area (Å²) in [5.41, 5.74) is 5.33. The standard InChI is InChI=1S/C13H14F2N4S/c14-11-9(13(16)20)2-3-10(12(11)15)18-4-1-6-19-7-5-17-8-19/h2-3,5,7-8,18H,1,4,6H2,(H2,16,20). The van der Waals surface area contributed by atoms with E-state index in [4.69, 9.17) is 5.73 Å². The van der Waals surface area contributed by atoms with E-state index >= 15 is 0 Å². The molecule has 4 nitrogen and oxygen atoms in total. The SMILES string of the molecule is NC(=S)c1ccc(NCCCn2ccnc2)c(F)c1F. The monoisotopic (exact) mass is 296 g/mol. The predicted molar refractivity (Wildman–Crippen MR) is 77.6 cm³/mol. The van der Waals surface area contributed by atoms with Gasteiger partial charge in [0.05, 0.1) is 12.0 Å². The lowest BCUT2D eigenvalue weighted by Gasteiger charge is -2.10. The minimum atomic E-state index is -1.02. The Morgan fingerprint density at radius 2 is 2.15 bits per heavy atom. The molecule has 1 aromatic heterocycles. The molecule has 2 rings (SSSR count). The summed E-state index contributed by atoms with van der Waals surface area (Å²) >= 11 is 4.65. The van der Waals surface area contributed by atoms with Crippen LogP contribution in [0.5, 0.6) is 0 Å². The molecule has 0 amide bonds. The first-order valence-electron chi connectivity index (χ1n) is 6.07. The third-order valence-electron chi connectivity index (χ3n) is 2.82. The van der Waals surface area contributed by atoms with Gasteiger partial charge in [-0.05, 0) is 18.6 Å². The number of hydrogen-bond donors (Lipinski definition) is 2. The Morgan fingerprint density at radius 1 is 1.35 bits per heavy atom. The number of anilines is 1. The van der Waals surface area contributed by atoms with Crippen molar-refractivity contribution in [2.45, 2.75) is 13.0 Å². The zero-order valence-electron chi connectivity index (χ0n) is 10.6. The van der Waals surface area contributed by atoms with E-state index in [9.17, 15) is 8.78 Å². The molecule has 3 N–H and O–H groups in total. The highest BCUT2D eigenvalue weighted by Crippen LogP contribution is 2.20. The Kier molecular flexibility index (Phi) is 4.62. The van der Waals surface area contributed by atoms with Crippen LogP contribution in [0.4, 0.5) is 14.5 Å². The quantitative estimate of drug-likeness (QED) is 0.634. The van der Waals surface area contributed by atoms with E-state index in [-0.39, 0.29) is 16.2 Å². The van der Waals surface area contributed by atoms with Crippen molar-refractivity contribution in [3.8, 4) is 0 Å². The van der Waals surface area contributed by atoms with Gasteiger partial charge < -0.3 is 15.6 Å². The highest BCUT2D eigenvalue weighted by molar-refractivity contribution is 7.80. The average molecular weight is 296 g/mol. The Morgan fingerprint density at radius 3 is 2.80 bits per heavy atom. The number of benzene rings is 1. The molecule has 0 spiro atoms. The number of aromatic nitrogens is 2. The maximum absolute atomic E-state index is 13.8. The number of imidazole rings is 1. The molecule has 0 saturated carbocycles. The van der Waals surface area contributed by atoms with Gasteiger partial charge in [0.2, 0.25) is 0 Å². The molecule has 0 aliphatic rings. The summed E-state index contributed by atoms with van der Waals surface area (Å²) < 4.78 is 29.3. The van der Waals surface area contributed by atoms with Crippen molar-refractivity contribution in [2.24, 2.45) is 5.73 Å². The van der Waals surface area contributed by atoms with Crippen LogP contribution in [0.25, 0.3) is 0 Å². The van der Waals surface area contributed by atoms with E-state index in [1.807, 2.05) is 10.8 Å². The molecule has 0 aliphatic heterocycles. The first kappa shape index (κ1) is 14.4. The van der Waals surface area contributed by atoms with Crippen molar-refractivity contribution in [1.29, 1.82) is 0 Å². The number of thiocarbonyl (C=S) groups is 1. The van der Waals surface area contributed by atoms with E-state index < -0.39 is 11.6 Å². The van der Waals surface area contributed by atoms with Crippen molar-refractivity contribution in [3.05, 3.63) is 48.1 Å². The van der Waals surface area contributed by atoms with Crippen LogP contribution in [-0.2, 0) is 6.54 Å². The van der Waals surface area contributed by atoms with Gasteiger partial charge in [-0.2, -0.15) is 0 Å². The topological polar surface area (TPSA) is 55.9 Å². The lowest BCUT2D eigenvalue weighted by atomic mass is 10.1. The number of nitrogens with two attached hydrogens (primary N) is 1. The second kappa shape index (κ2) is 6.42. The molecule has 1 heterocycles. The molecule has 20 heavy (non-hydrogen) atoms. The summed E-state index contributed by atoms with van der Waals surface area (Å²) in [6.07, 6.45) is 6.00. The molecule has 2 aromatic rings. The highest BCUT2D eigenvalue weighted by atomic mass is 32.1. The van der Waals surface area contributed by atoms with E-state index in [1.54, 1.807) is 12.5 Å². The molecule has 0 aliphatic carbocycles. The Balaban J connectivity index is 1.93. The lowest BCUT2D eigenvalue weighted by molar-refractivity contribution is 0.509. The Bertz CT molecular complexity index is 599. The van der Waals surface area contributed by atoms with Crippen LogP contribution in [-0.4, -0.2) is 21.1 Å². The zero-order valence-corrected chi connectivity index (χ0v) is 11.5. The second-order valence-corrected chi connectivity index (χ2v) is 4.67. The van der Waals surface area contributed by atoms with Crippen LogP contribution >= 0.6 is 12.2 Å². The first-order chi connectivity index (χ1) is 9.59. The Labute approximate surface area is 120 Å². The van der Waals surface area contributed by atoms with Gasteiger partial charge in [-0.3, -0.25) is 0 Å². The minimum absolute atomic E-state index is 0.0820. The number of aryl methyl sites for hydroxylation is 1. The van der Waals surface area contributed by atoms with Crippen LogP contribution in [0.15, 0.2) is 30.9 Å². The normalized spacial score (nSPS) is 10.5. The molecule has 7 heteroatoms. The van der Waals surface area contributed by atoms with Crippen LogP contribution in [0, 0.1) is 11.6 Å². The van der Waals surface area contributed by atoms with Crippen molar-refractivity contribution in [3.63, 3.8) is 0 Å². The largest absolute Gasteiger partial charge is 0.389 e. The molecule has 0 fully saturated rings. The smallest absolute Gasteiger partial charge is 0.182 e. The molecule has 1 aromatic carbocycles. The second-order valence-electron chi connectivity index (χ2n) is 4.23. The van der Waals surface area contributed by atoms with Crippen molar-refractivity contribution >= 4 is 22.9 Å². The van der Waals surface area contributed by atoms with Gasteiger partial charge >= 0.3 is 0 Å². The average Bonchev–Trinajstić information content (AvgIpc) is 2.92. The molecule has 0 atom stereocenters. The van der Waals surface area contributed by atoms with Gasteiger partial charge in [-0.25, -0.2) is 13.8 Å². The zero-order chi connectivity index (χ0) is 14.5. The summed E-state index contributed by atoms with van der Waals surface area (Å²) in [5, 5.41) is 2.85. The fraction of sp³-hybridized carbons (Fsp3) is 0.231. The third-order valence-corrected chi connectivity index (χ3v) is 3.04. The summed E-state index contributed by atoms with van der Waals surface area (Å²) in [7, 11) is 0. The van der Waals surface area contributed by atoms with Crippen LogP contribution in [0.1, 0.15) is 12.0 Å². The third kappa shape index (κ3) is 3.30. The van der Waals surface area contributed by atoms with Crippen molar-refractivity contribution in [2.75, 3.05) is 11.9 Å². The highest BCUT2D eigenvalue weighted by Gasteiger charge is 2.14. The number of hydrogen-bond acceptors (Lipinski definition) is 3. The summed E-state index contributed by atoms with van der Waals surface area (Å²) in [6, 6.07) is 2.81. The summed E-state index contributed by atoms with van der Waals surface area (Å²) in [4.78, 5) is 3.76. The number of rotatable bonds is 6. The van der Waals surface area contributed by atoms with Gasteiger partial charge in [0, 0.05) is 31.0 Å². The van der Waals surface area contributed by atoms with E-state index in [1.165, 1.54) is 12.1 Å². The number of nitrogens with zero attached hydrogens (tertiary/aromatic N) is 2. The fourth-order valence-corrected chi connectivity index (χ4v) is 1.94. The minimum Gasteiger partial charge on any atom is -0.389 e. The van der Waals surface area contributed by atoms with E-state index in [0.29, 0.717) is 6.54 Å². The van der Waals surface area contributed by atoms with Gasteiger partial charge in [-0.15, -0.1) is 0 Å². The van der Waals surface area contributed by atoms with Gasteiger partial charge in [0.25, 0.3) is 0 Å². The summed E-state index contributed by atoms with van der Waals surface area (Å²) in [6.45, 7) is 1.27. The van der Waals surface area contributed by atoms with Crippen LogP contribution in [0.3, 0.4) is 0 Å². The molecule has 0 radical (unpaired) electrons. The Hall–Kier alpha value is -2.02. The van der Waals surface area contributed by atoms with Gasteiger partial charge in [0.15, 0.2) is 11.6 Å². The first-order valence-corrected chi connectivity index (χ1v) is 6.48. The maximum atomic E-state index is 13.8. The van der Waals surface area contributed by atoms with Crippen LogP contribution in [0.2, 0.25) is 0 Å². The maximum Gasteiger partial charge on any atom is 0.182 e. The van der Waals surface area contributed by atoms with E-state index in [2.05, 4.69) is 22.5 Å². The van der Waals surface area contributed by atoms with E-state index in [0.717, 1.165) is 13.0 Å². The van der Waals surface area contributed by atoms with Gasteiger partial charge in [0.1, 0.15) is 4.99 Å². The molecular formula is C13H14F2N4S.